The van der Waals surface area contributed by atoms with Crippen molar-refractivity contribution in [2.24, 2.45) is 7.05 Å². The molecule has 5 rings (SSSR count). The molecule has 0 spiro atoms. The molecule has 0 unspecified atom stereocenters. The minimum atomic E-state index is -0.386. The van der Waals surface area contributed by atoms with Crippen molar-refractivity contribution >= 4 is 56.0 Å². The molecule has 5 nitrogen and oxygen atoms in total. The van der Waals surface area contributed by atoms with Gasteiger partial charge in [0.1, 0.15) is 0 Å². The third-order valence-electron chi connectivity index (χ3n) is 5.51. The van der Waals surface area contributed by atoms with E-state index in [-0.39, 0.29) is 11.5 Å². The molecule has 2 heterocycles. The maximum Gasteiger partial charge on any atom is 0.347 e. The maximum atomic E-state index is 13.6. The lowest BCUT2D eigenvalue weighted by Gasteiger charge is -2.07. The van der Waals surface area contributed by atoms with E-state index in [0.717, 1.165) is 32.2 Å². The number of imidazole rings is 1. The number of fused-ring (bicyclic) bond motifs is 4. The van der Waals surface area contributed by atoms with Crippen molar-refractivity contribution in [1.29, 1.82) is 0 Å². The van der Waals surface area contributed by atoms with Gasteiger partial charge in [-0.25, -0.2) is 14.2 Å². The summed E-state index contributed by atoms with van der Waals surface area (Å²) in [4.78, 5) is 26.9. The van der Waals surface area contributed by atoms with Crippen LogP contribution in [0.3, 0.4) is 0 Å². The molecule has 0 atom stereocenters. The van der Waals surface area contributed by atoms with Gasteiger partial charge in [-0.2, -0.15) is 4.40 Å². The van der Waals surface area contributed by atoms with Crippen LogP contribution in [0.1, 0.15) is 17.3 Å². The van der Waals surface area contributed by atoms with E-state index >= 15 is 0 Å². The molecule has 0 N–H and O–H groups in total. The minimum absolute atomic E-state index is 0.0806. The van der Waals surface area contributed by atoms with Crippen molar-refractivity contribution in [3.63, 3.8) is 0 Å². The summed E-state index contributed by atoms with van der Waals surface area (Å²) < 4.78 is 8.88. The van der Waals surface area contributed by atoms with E-state index in [9.17, 15) is 9.59 Å². The molecule has 0 saturated carbocycles. The summed E-state index contributed by atoms with van der Waals surface area (Å²) in [5.41, 5.74) is 2.77. The SMILES string of the molecule is CCOC(=O)c1ccc2c(c1)n1c(=O)c3ccc(SC)c4cccc(c43)c1[n+]2C. The van der Waals surface area contributed by atoms with Gasteiger partial charge in [-0.3, -0.25) is 0 Å². The first-order chi connectivity index (χ1) is 14.1. The second-order valence-electron chi connectivity index (χ2n) is 6.99. The van der Waals surface area contributed by atoms with Crippen molar-refractivity contribution in [3.8, 4) is 0 Å². The van der Waals surface area contributed by atoms with Crippen LogP contribution in [-0.4, -0.2) is 23.2 Å². The van der Waals surface area contributed by atoms with Crippen LogP contribution in [0.4, 0.5) is 0 Å². The molecule has 0 radical (unpaired) electrons. The number of rotatable bonds is 3. The lowest BCUT2D eigenvalue weighted by Crippen LogP contribution is -2.29. The van der Waals surface area contributed by atoms with Crippen LogP contribution >= 0.6 is 11.8 Å². The highest BCUT2D eigenvalue weighted by atomic mass is 32.2. The van der Waals surface area contributed by atoms with Crippen LogP contribution in [0.25, 0.3) is 38.2 Å². The fourth-order valence-corrected chi connectivity index (χ4v) is 4.85. The van der Waals surface area contributed by atoms with E-state index < -0.39 is 0 Å². The molecule has 29 heavy (non-hydrogen) atoms. The number of benzene rings is 3. The predicted octanol–water partition coefficient (Wildman–Crippen LogP) is 3.92. The highest BCUT2D eigenvalue weighted by Gasteiger charge is 2.26. The van der Waals surface area contributed by atoms with Crippen molar-refractivity contribution in [3.05, 3.63) is 64.4 Å². The third-order valence-corrected chi connectivity index (χ3v) is 6.31. The molecule has 3 aromatic carbocycles. The van der Waals surface area contributed by atoms with Crippen LogP contribution < -0.4 is 10.1 Å². The van der Waals surface area contributed by atoms with Crippen LogP contribution in [0.2, 0.25) is 0 Å². The van der Waals surface area contributed by atoms with E-state index in [1.807, 2.05) is 42.1 Å². The van der Waals surface area contributed by atoms with Crippen molar-refractivity contribution in [2.75, 3.05) is 12.9 Å². The van der Waals surface area contributed by atoms with Gasteiger partial charge in [0, 0.05) is 16.3 Å². The second kappa shape index (κ2) is 6.46. The standard InChI is InChI=1S/C23H19N2O3S/c1-4-28-23(27)13-8-10-17-18(12-13)25-21(24(17)2)15-7-5-6-14-19(29-3)11-9-16(20(14)15)22(25)26/h5-12H,4H2,1-3H3/q+1. The van der Waals surface area contributed by atoms with Gasteiger partial charge in [0.2, 0.25) is 0 Å². The van der Waals surface area contributed by atoms with E-state index in [1.54, 1.807) is 35.2 Å². The molecule has 0 bridgehead atoms. The Hall–Kier alpha value is -3.12. The first kappa shape index (κ1) is 17.9. The molecule has 6 heteroatoms. The summed E-state index contributed by atoms with van der Waals surface area (Å²) in [6.45, 7) is 2.09. The first-order valence-electron chi connectivity index (χ1n) is 9.43. The number of aromatic nitrogens is 2. The van der Waals surface area contributed by atoms with Gasteiger partial charge in [0.05, 0.1) is 30.0 Å². The number of aryl methyl sites for hydroxylation is 1. The van der Waals surface area contributed by atoms with Gasteiger partial charge in [-0.05, 0) is 48.9 Å². The van der Waals surface area contributed by atoms with Gasteiger partial charge in [-0.1, -0.05) is 12.1 Å². The fourth-order valence-electron chi connectivity index (χ4n) is 4.26. The Bertz CT molecular complexity index is 1500. The molecule has 0 aliphatic heterocycles. The quantitative estimate of drug-likeness (QED) is 0.260. The number of esters is 1. The van der Waals surface area contributed by atoms with E-state index in [4.69, 9.17) is 4.74 Å². The van der Waals surface area contributed by atoms with Crippen LogP contribution in [0, 0.1) is 0 Å². The molecule has 0 amide bonds. The summed E-state index contributed by atoms with van der Waals surface area (Å²) in [5, 5.41) is 3.77. The maximum absolute atomic E-state index is 13.6. The van der Waals surface area contributed by atoms with E-state index in [0.29, 0.717) is 23.1 Å². The van der Waals surface area contributed by atoms with E-state index in [1.165, 1.54) is 0 Å². The number of carbonyl (C=O) groups excluding carboxylic acids is 1. The van der Waals surface area contributed by atoms with Crippen LogP contribution in [-0.2, 0) is 11.8 Å². The zero-order chi connectivity index (χ0) is 20.3. The van der Waals surface area contributed by atoms with Crippen LogP contribution in [0.5, 0.6) is 0 Å². The Morgan fingerprint density at radius 3 is 2.66 bits per heavy atom. The smallest absolute Gasteiger partial charge is 0.347 e. The lowest BCUT2D eigenvalue weighted by atomic mass is 10.0. The molecular weight excluding hydrogens is 384 g/mol. The summed E-state index contributed by atoms with van der Waals surface area (Å²) in [6.07, 6.45) is 2.04. The van der Waals surface area contributed by atoms with Crippen LogP contribution in [0.15, 0.2) is 58.2 Å². The average Bonchev–Trinajstić information content (AvgIpc) is 3.04. The highest BCUT2D eigenvalue weighted by Crippen LogP contribution is 2.34. The first-order valence-corrected chi connectivity index (χ1v) is 10.7. The zero-order valence-corrected chi connectivity index (χ0v) is 17.2. The van der Waals surface area contributed by atoms with Crippen molar-refractivity contribution in [2.45, 2.75) is 11.8 Å². The summed E-state index contributed by atoms with van der Waals surface area (Å²) in [5.74, 6) is -0.386. The number of nitrogens with zero attached hydrogens (tertiary/aromatic N) is 2. The monoisotopic (exact) mass is 403 g/mol. The predicted molar refractivity (Wildman–Crippen MR) is 116 cm³/mol. The molecule has 0 fully saturated rings. The Balaban J connectivity index is 2.01. The summed E-state index contributed by atoms with van der Waals surface area (Å²) in [6, 6.07) is 15.4. The molecule has 0 aliphatic carbocycles. The Labute approximate surface area is 170 Å². The number of hydrogen-bond donors (Lipinski definition) is 0. The Morgan fingerprint density at radius 2 is 1.90 bits per heavy atom. The Morgan fingerprint density at radius 1 is 1.10 bits per heavy atom. The van der Waals surface area contributed by atoms with Gasteiger partial charge in [0.25, 0.3) is 5.65 Å². The normalized spacial score (nSPS) is 11.8. The average molecular weight is 403 g/mol. The summed E-state index contributed by atoms with van der Waals surface area (Å²) in [7, 11) is 1.95. The van der Waals surface area contributed by atoms with Crippen molar-refractivity contribution in [1.82, 2.24) is 4.40 Å². The molecule has 0 aliphatic rings. The topological polar surface area (TPSA) is 51.7 Å². The number of ether oxygens (including phenoxy) is 1. The van der Waals surface area contributed by atoms with Gasteiger partial charge in [0.15, 0.2) is 11.0 Å². The van der Waals surface area contributed by atoms with Gasteiger partial charge in [-0.15, -0.1) is 11.8 Å². The lowest BCUT2D eigenvalue weighted by molar-refractivity contribution is -0.617. The zero-order valence-electron chi connectivity index (χ0n) is 16.4. The van der Waals surface area contributed by atoms with E-state index in [2.05, 4.69) is 12.1 Å². The third kappa shape index (κ3) is 2.39. The van der Waals surface area contributed by atoms with Gasteiger partial charge < -0.3 is 4.74 Å². The number of carbonyl (C=O) groups is 1. The number of thioether (sulfide) groups is 1. The summed E-state index contributed by atoms with van der Waals surface area (Å²) >= 11 is 1.68. The molecule has 0 saturated heterocycles. The second-order valence-corrected chi connectivity index (χ2v) is 7.84. The number of pyridine rings is 1. The Kier molecular flexibility index (Phi) is 3.99. The molecular formula is C23H19N2O3S+. The molecule has 2 aromatic heterocycles. The molecule has 144 valence electrons. The van der Waals surface area contributed by atoms with Gasteiger partial charge >= 0.3 is 11.5 Å². The fraction of sp³-hybridized carbons (Fsp3) is 0.174. The number of hydrogen-bond acceptors (Lipinski definition) is 4. The largest absolute Gasteiger partial charge is 0.462 e. The van der Waals surface area contributed by atoms with Crippen molar-refractivity contribution < 1.29 is 14.1 Å². The minimum Gasteiger partial charge on any atom is -0.462 e. The highest BCUT2D eigenvalue weighted by molar-refractivity contribution is 7.98. The molecule has 5 aromatic rings.